The van der Waals surface area contributed by atoms with E-state index in [2.05, 4.69) is 40.3 Å². The minimum atomic E-state index is -0.738. The lowest BCUT2D eigenvalue weighted by Crippen LogP contribution is -2.20. The van der Waals surface area contributed by atoms with Gasteiger partial charge in [-0.2, -0.15) is 0 Å². The predicted octanol–water partition coefficient (Wildman–Crippen LogP) is 2.96. The standard InChI is InChI=1S/C12H16BrNO2/c1-9(14-8-2-3-12(15)16)10-4-6-11(13)7-5-10/h4-7,9,14H,2-3,8H2,1H3,(H,15,16)/t9-/m1/s1. The summed E-state index contributed by atoms with van der Waals surface area (Å²) >= 11 is 3.39. The van der Waals surface area contributed by atoms with Gasteiger partial charge in [-0.3, -0.25) is 4.79 Å². The predicted molar refractivity (Wildman–Crippen MR) is 67.4 cm³/mol. The highest BCUT2D eigenvalue weighted by Gasteiger charge is 2.04. The van der Waals surface area contributed by atoms with Crippen LogP contribution < -0.4 is 5.32 Å². The minimum Gasteiger partial charge on any atom is -0.481 e. The van der Waals surface area contributed by atoms with Gasteiger partial charge in [-0.05, 0) is 37.6 Å². The van der Waals surface area contributed by atoms with Crippen molar-refractivity contribution in [1.82, 2.24) is 5.32 Å². The highest BCUT2D eigenvalue weighted by atomic mass is 79.9. The van der Waals surface area contributed by atoms with E-state index in [-0.39, 0.29) is 12.5 Å². The quantitative estimate of drug-likeness (QED) is 0.790. The molecule has 0 aliphatic rings. The second-order valence-electron chi connectivity index (χ2n) is 3.72. The molecule has 0 aliphatic heterocycles. The molecule has 1 rings (SSSR count). The van der Waals surface area contributed by atoms with Crippen LogP contribution in [0.3, 0.4) is 0 Å². The molecule has 0 aromatic heterocycles. The van der Waals surface area contributed by atoms with Crippen LogP contribution in [0.15, 0.2) is 28.7 Å². The van der Waals surface area contributed by atoms with Crippen LogP contribution in [0.1, 0.15) is 31.4 Å². The van der Waals surface area contributed by atoms with E-state index in [1.54, 1.807) is 0 Å². The van der Waals surface area contributed by atoms with Gasteiger partial charge in [0.15, 0.2) is 0 Å². The Labute approximate surface area is 104 Å². The second kappa shape index (κ2) is 6.66. The number of halogens is 1. The molecule has 0 fully saturated rings. The van der Waals surface area contributed by atoms with Crippen LogP contribution in [0.2, 0.25) is 0 Å². The molecule has 0 unspecified atom stereocenters. The van der Waals surface area contributed by atoms with E-state index >= 15 is 0 Å². The van der Waals surface area contributed by atoms with Gasteiger partial charge in [0, 0.05) is 16.9 Å². The maximum atomic E-state index is 10.3. The lowest BCUT2D eigenvalue weighted by Gasteiger charge is -2.13. The Bertz CT molecular complexity index is 337. The third kappa shape index (κ3) is 4.77. The van der Waals surface area contributed by atoms with E-state index in [1.165, 1.54) is 5.56 Å². The van der Waals surface area contributed by atoms with Gasteiger partial charge >= 0.3 is 5.97 Å². The molecule has 88 valence electrons. The summed E-state index contributed by atoms with van der Waals surface area (Å²) in [4.78, 5) is 10.3. The highest BCUT2D eigenvalue weighted by Crippen LogP contribution is 2.16. The summed E-state index contributed by atoms with van der Waals surface area (Å²) in [7, 11) is 0. The zero-order chi connectivity index (χ0) is 12.0. The number of benzene rings is 1. The number of carboxylic acids is 1. The van der Waals surface area contributed by atoms with Crippen LogP contribution >= 0.6 is 15.9 Å². The zero-order valence-electron chi connectivity index (χ0n) is 9.24. The molecule has 1 aromatic carbocycles. The van der Waals surface area contributed by atoms with Gasteiger partial charge in [0.1, 0.15) is 0 Å². The summed E-state index contributed by atoms with van der Waals surface area (Å²) in [6.07, 6.45) is 0.885. The average molecular weight is 286 g/mol. The number of hydrogen-bond acceptors (Lipinski definition) is 2. The van der Waals surface area contributed by atoms with Crippen LogP contribution in [-0.2, 0) is 4.79 Å². The Hall–Kier alpha value is -0.870. The number of rotatable bonds is 6. The number of aliphatic carboxylic acids is 1. The highest BCUT2D eigenvalue weighted by molar-refractivity contribution is 9.10. The third-order valence-electron chi connectivity index (χ3n) is 2.39. The normalized spacial score (nSPS) is 12.4. The fourth-order valence-corrected chi connectivity index (χ4v) is 1.69. The molecule has 16 heavy (non-hydrogen) atoms. The van der Waals surface area contributed by atoms with Gasteiger partial charge < -0.3 is 10.4 Å². The van der Waals surface area contributed by atoms with Crippen molar-refractivity contribution in [3.63, 3.8) is 0 Å². The summed E-state index contributed by atoms with van der Waals surface area (Å²) < 4.78 is 1.06. The molecular formula is C12H16BrNO2. The van der Waals surface area contributed by atoms with Crippen molar-refractivity contribution in [2.24, 2.45) is 0 Å². The summed E-state index contributed by atoms with van der Waals surface area (Å²) in [6, 6.07) is 8.37. The molecule has 3 nitrogen and oxygen atoms in total. The lowest BCUT2D eigenvalue weighted by atomic mass is 10.1. The number of nitrogens with one attached hydrogen (secondary N) is 1. The first-order chi connectivity index (χ1) is 7.59. The first kappa shape index (κ1) is 13.2. The van der Waals surface area contributed by atoms with Crippen LogP contribution in [0, 0.1) is 0 Å². The van der Waals surface area contributed by atoms with E-state index < -0.39 is 5.97 Å². The van der Waals surface area contributed by atoms with Gasteiger partial charge in [0.25, 0.3) is 0 Å². The first-order valence-corrected chi connectivity index (χ1v) is 6.09. The van der Waals surface area contributed by atoms with E-state index in [0.29, 0.717) is 6.42 Å². The maximum absolute atomic E-state index is 10.3. The number of hydrogen-bond donors (Lipinski definition) is 2. The Morgan fingerprint density at radius 1 is 1.44 bits per heavy atom. The van der Waals surface area contributed by atoms with Crippen LogP contribution in [-0.4, -0.2) is 17.6 Å². The third-order valence-corrected chi connectivity index (χ3v) is 2.92. The minimum absolute atomic E-state index is 0.222. The summed E-state index contributed by atoms with van der Waals surface area (Å²) in [5.41, 5.74) is 1.21. The summed E-state index contributed by atoms with van der Waals surface area (Å²) in [5, 5.41) is 11.8. The van der Waals surface area contributed by atoms with Crippen molar-refractivity contribution in [1.29, 1.82) is 0 Å². The van der Waals surface area contributed by atoms with Crippen molar-refractivity contribution in [2.75, 3.05) is 6.54 Å². The first-order valence-electron chi connectivity index (χ1n) is 5.30. The van der Waals surface area contributed by atoms with Crippen molar-refractivity contribution < 1.29 is 9.90 Å². The SMILES string of the molecule is C[C@@H](NCCCC(=O)O)c1ccc(Br)cc1. The molecule has 0 bridgehead atoms. The van der Waals surface area contributed by atoms with E-state index in [1.807, 2.05) is 12.1 Å². The summed E-state index contributed by atoms with van der Waals surface area (Å²) in [5.74, 6) is -0.738. The fourth-order valence-electron chi connectivity index (χ4n) is 1.43. The fraction of sp³-hybridized carbons (Fsp3) is 0.417. The Morgan fingerprint density at radius 3 is 2.62 bits per heavy atom. The molecular weight excluding hydrogens is 270 g/mol. The molecule has 0 amide bonds. The largest absolute Gasteiger partial charge is 0.481 e. The van der Waals surface area contributed by atoms with Crippen molar-refractivity contribution >= 4 is 21.9 Å². The Balaban J connectivity index is 2.32. The van der Waals surface area contributed by atoms with Crippen LogP contribution in [0.25, 0.3) is 0 Å². The smallest absolute Gasteiger partial charge is 0.303 e. The van der Waals surface area contributed by atoms with Crippen LogP contribution in [0.5, 0.6) is 0 Å². The Morgan fingerprint density at radius 2 is 2.06 bits per heavy atom. The van der Waals surface area contributed by atoms with E-state index in [9.17, 15) is 4.79 Å². The van der Waals surface area contributed by atoms with Crippen molar-refractivity contribution in [2.45, 2.75) is 25.8 Å². The molecule has 0 radical (unpaired) electrons. The van der Waals surface area contributed by atoms with Crippen molar-refractivity contribution in [3.05, 3.63) is 34.3 Å². The monoisotopic (exact) mass is 285 g/mol. The van der Waals surface area contributed by atoms with Crippen LogP contribution in [0.4, 0.5) is 0 Å². The molecule has 1 atom stereocenters. The molecule has 1 aromatic rings. The van der Waals surface area contributed by atoms with Gasteiger partial charge in [0.05, 0.1) is 0 Å². The molecule has 0 saturated carbocycles. The van der Waals surface area contributed by atoms with Crippen molar-refractivity contribution in [3.8, 4) is 0 Å². The summed E-state index contributed by atoms with van der Waals surface area (Å²) in [6.45, 7) is 2.80. The molecule has 0 saturated heterocycles. The van der Waals surface area contributed by atoms with Gasteiger partial charge in [-0.1, -0.05) is 28.1 Å². The van der Waals surface area contributed by atoms with E-state index in [0.717, 1.165) is 11.0 Å². The maximum Gasteiger partial charge on any atom is 0.303 e. The second-order valence-corrected chi connectivity index (χ2v) is 4.64. The topological polar surface area (TPSA) is 49.3 Å². The number of carbonyl (C=O) groups is 1. The Kier molecular flexibility index (Phi) is 5.49. The van der Waals surface area contributed by atoms with E-state index in [4.69, 9.17) is 5.11 Å². The molecule has 4 heteroatoms. The zero-order valence-corrected chi connectivity index (χ0v) is 10.8. The number of carboxylic acid groups (broad SMARTS) is 1. The van der Waals surface area contributed by atoms with Gasteiger partial charge in [-0.15, -0.1) is 0 Å². The van der Waals surface area contributed by atoms with Gasteiger partial charge in [-0.25, -0.2) is 0 Å². The average Bonchev–Trinajstić information content (AvgIpc) is 2.25. The van der Waals surface area contributed by atoms with Gasteiger partial charge in [0.2, 0.25) is 0 Å². The molecule has 0 heterocycles. The molecule has 2 N–H and O–H groups in total. The molecule has 0 spiro atoms. The lowest BCUT2D eigenvalue weighted by molar-refractivity contribution is -0.137. The molecule has 0 aliphatic carbocycles.